The maximum atomic E-state index is 13.7. The van der Waals surface area contributed by atoms with Gasteiger partial charge in [0.1, 0.15) is 0 Å². The van der Waals surface area contributed by atoms with Crippen LogP contribution in [-0.2, 0) is 25.7 Å². The number of carbonyl (C=O) groups is 3. The van der Waals surface area contributed by atoms with Gasteiger partial charge in [-0.05, 0) is 36.8 Å². The van der Waals surface area contributed by atoms with Gasteiger partial charge in [-0.25, -0.2) is 4.90 Å². The predicted molar refractivity (Wildman–Crippen MR) is 127 cm³/mol. The lowest BCUT2D eigenvalue weighted by molar-refractivity contribution is -0.129. The van der Waals surface area contributed by atoms with Crippen molar-refractivity contribution in [3.05, 3.63) is 71.8 Å². The third-order valence-electron chi connectivity index (χ3n) is 7.51. The highest BCUT2D eigenvalue weighted by Gasteiger charge is 2.64. The van der Waals surface area contributed by atoms with E-state index < -0.39 is 17.9 Å². The van der Waals surface area contributed by atoms with E-state index in [0.717, 1.165) is 29.9 Å². The number of nitrogens with zero attached hydrogens (tertiary/aromatic N) is 3. The molecule has 4 atom stereocenters. The van der Waals surface area contributed by atoms with E-state index in [1.54, 1.807) is 12.1 Å². The van der Waals surface area contributed by atoms with Crippen molar-refractivity contribution in [2.45, 2.75) is 25.6 Å². The maximum Gasteiger partial charge on any atom is 0.239 e. The van der Waals surface area contributed by atoms with Crippen molar-refractivity contribution in [1.29, 1.82) is 0 Å². The van der Waals surface area contributed by atoms with Gasteiger partial charge < -0.3 is 9.64 Å². The van der Waals surface area contributed by atoms with Crippen LogP contribution in [0, 0.1) is 18.8 Å². The number of aryl methyl sites for hydroxylation is 1. The van der Waals surface area contributed by atoms with Crippen LogP contribution in [0.15, 0.2) is 60.7 Å². The SMILES string of the molecule is Cc1cccc(CN2[C@@H]3C(=O)C=C[C@H]2[C@@H]2C(=O)N(c4cccc(N5CCOCC5)c4)C(=O)[C@@H]23)c1. The zero-order chi connectivity index (χ0) is 23.4. The smallest absolute Gasteiger partial charge is 0.239 e. The van der Waals surface area contributed by atoms with Gasteiger partial charge in [0.05, 0.1) is 36.8 Å². The largest absolute Gasteiger partial charge is 0.378 e. The zero-order valence-electron chi connectivity index (χ0n) is 19.1. The molecule has 34 heavy (non-hydrogen) atoms. The van der Waals surface area contributed by atoms with Gasteiger partial charge in [-0.1, -0.05) is 42.0 Å². The van der Waals surface area contributed by atoms with Crippen LogP contribution >= 0.6 is 0 Å². The fourth-order valence-corrected chi connectivity index (χ4v) is 5.99. The standard InChI is InChI=1S/C27H27N3O4/c1-17-4-2-5-18(14-17)16-29-21-8-9-22(31)25(29)24-23(21)26(32)30(27(24)33)20-7-3-6-19(15-20)28-10-12-34-13-11-28/h2-9,14-15,21,23-25H,10-13,16H2,1H3/t21-,23-,24-,25+/m0/s1. The summed E-state index contributed by atoms with van der Waals surface area (Å²) in [6, 6.07) is 14.8. The molecule has 6 rings (SSSR count). The van der Waals surface area contributed by atoms with Gasteiger partial charge in [0.15, 0.2) is 5.78 Å². The fourth-order valence-electron chi connectivity index (χ4n) is 5.99. The summed E-state index contributed by atoms with van der Waals surface area (Å²) in [6.45, 7) is 5.42. The lowest BCUT2D eigenvalue weighted by Crippen LogP contribution is -2.48. The van der Waals surface area contributed by atoms with Crippen molar-refractivity contribution < 1.29 is 19.1 Å². The molecule has 2 aromatic carbocycles. The Morgan fingerprint density at radius 1 is 0.912 bits per heavy atom. The van der Waals surface area contributed by atoms with E-state index in [1.807, 2.05) is 54.3 Å². The molecule has 2 aromatic rings. The number of morpholine rings is 1. The lowest BCUT2D eigenvalue weighted by Gasteiger charge is -2.33. The molecule has 3 fully saturated rings. The molecule has 0 N–H and O–H groups in total. The van der Waals surface area contributed by atoms with Gasteiger partial charge in [-0.3, -0.25) is 19.3 Å². The van der Waals surface area contributed by atoms with E-state index in [9.17, 15) is 14.4 Å². The molecule has 4 heterocycles. The highest BCUT2D eigenvalue weighted by molar-refractivity contribution is 6.24. The Hall–Kier alpha value is -3.29. The minimum absolute atomic E-state index is 0.0959. The number of rotatable bonds is 4. The van der Waals surface area contributed by atoms with Crippen molar-refractivity contribution >= 4 is 29.0 Å². The highest BCUT2D eigenvalue weighted by Crippen LogP contribution is 2.47. The number of hydrogen-bond donors (Lipinski definition) is 0. The molecule has 2 amide bonds. The van der Waals surface area contributed by atoms with Crippen molar-refractivity contribution in [1.82, 2.24) is 4.90 Å². The number of ether oxygens (including phenoxy) is 1. The van der Waals surface area contributed by atoms with E-state index >= 15 is 0 Å². The number of imide groups is 1. The topological polar surface area (TPSA) is 70.2 Å². The summed E-state index contributed by atoms with van der Waals surface area (Å²) in [7, 11) is 0. The predicted octanol–water partition coefficient (Wildman–Crippen LogP) is 2.33. The minimum Gasteiger partial charge on any atom is -0.378 e. The number of benzene rings is 2. The van der Waals surface area contributed by atoms with Crippen molar-refractivity contribution in [3.8, 4) is 0 Å². The van der Waals surface area contributed by atoms with Crippen LogP contribution in [0.5, 0.6) is 0 Å². The molecule has 0 spiro atoms. The third kappa shape index (κ3) is 3.30. The molecular weight excluding hydrogens is 430 g/mol. The Labute approximate surface area is 198 Å². The summed E-state index contributed by atoms with van der Waals surface area (Å²) in [4.78, 5) is 45.9. The average Bonchev–Trinajstić information content (AvgIpc) is 3.23. The van der Waals surface area contributed by atoms with Crippen molar-refractivity contribution in [2.24, 2.45) is 11.8 Å². The van der Waals surface area contributed by atoms with Crippen LogP contribution < -0.4 is 9.80 Å². The summed E-state index contributed by atoms with van der Waals surface area (Å²) >= 11 is 0. The van der Waals surface area contributed by atoms with Gasteiger partial charge in [0, 0.05) is 31.4 Å². The molecule has 0 unspecified atom stereocenters. The highest BCUT2D eigenvalue weighted by atomic mass is 16.5. The maximum absolute atomic E-state index is 13.7. The summed E-state index contributed by atoms with van der Waals surface area (Å²) in [5, 5.41) is 0. The van der Waals surface area contributed by atoms with Crippen LogP contribution in [-0.4, -0.2) is 60.9 Å². The lowest BCUT2D eigenvalue weighted by atomic mass is 9.90. The molecule has 7 heteroatoms. The Morgan fingerprint density at radius 2 is 1.65 bits per heavy atom. The fraction of sp³-hybridized carbons (Fsp3) is 0.370. The molecule has 0 radical (unpaired) electrons. The monoisotopic (exact) mass is 457 g/mol. The summed E-state index contributed by atoms with van der Waals surface area (Å²) in [5.41, 5.74) is 3.76. The summed E-state index contributed by atoms with van der Waals surface area (Å²) in [6.07, 6.45) is 3.38. The minimum atomic E-state index is -0.656. The summed E-state index contributed by atoms with van der Waals surface area (Å²) < 4.78 is 5.44. The first-order chi connectivity index (χ1) is 16.5. The molecule has 0 saturated carbocycles. The summed E-state index contributed by atoms with van der Waals surface area (Å²) in [5.74, 6) is -1.78. The Bertz CT molecular complexity index is 1200. The van der Waals surface area contributed by atoms with Crippen LogP contribution in [0.3, 0.4) is 0 Å². The molecule has 174 valence electrons. The van der Waals surface area contributed by atoms with Gasteiger partial charge in [-0.2, -0.15) is 0 Å². The van der Waals surface area contributed by atoms with E-state index in [1.165, 1.54) is 4.90 Å². The van der Waals surface area contributed by atoms with Gasteiger partial charge >= 0.3 is 0 Å². The Balaban J connectivity index is 1.31. The Morgan fingerprint density at radius 3 is 2.44 bits per heavy atom. The zero-order valence-corrected chi connectivity index (χ0v) is 19.1. The number of fused-ring (bicyclic) bond motifs is 5. The van der Waals surface area contributed by atoms with Crippen molar-refractivity contribution in [2.75, 3.05) is 36.1 Å². The number of ketones is 1. The molecule has 3 saturated heterocycles. The van der Waals surface area contributed by atoms with E-state index in [0.29, 0.717) is 25.4 Å². The number of amides is 2. The number of carbonyl (C=O) groups excluding carboxylic acids is 3. The van der Waals surface area contributed by atoms with Crippen LogP contribution in [0.2, 0.25) is 0 Å². The molecule has 7 nitrogen and oxygen atoms in total. The van der Waals surface area contributed by atoms with Crippen molar-refractivity contribution in [3.63, 3.8) is 0 Å². The normalized spacial score (nSPS) is 28.7. The Kier molecular flexibility index (Phi) is 5.12. The molecule has 0 aromatic heterocycles. The van der Waals surface area contributed by atoms with Gasteiger partial charge in [0.25, 0.3) is 0 Å². The first kappa shape index (κ1) is 21.3. The van der Waals surface area contributed by atoms with Crippen LogP contribution in [0.25, 0.3) is 0 Å². The quantitative estimate of drug-likeness (QED) is 0.657. The molecule has 4 aliphatic heterocycles. The van der Waals surface area contributed by atoms with Gasteiger partial charge in [0.2, 0.25) is 11.8 Å². The van der Waals surface area contributed by atoms with Crippen LogP contribution in [0.1, 0.15) is 11.1 Å². The average molecular weight is 458 g/mol. The third-order valence-corrected chi connectivity index (χ3v) is 7.51. The molecule has 0 aliphatic carbocycles. The first-order valence-corrected chi connectivity index (χ1v) is 11.9. The number of hydrogen-bond acceptors (Lipinski definition) is 6. The van der Waals surface area contributed by atoms with Crippen LogP contribution in [0.4, 0.5) is 11.4 Å². The van der Waals surface area contributed by atoms with Gasteiger partial charge in [-0.15, -0.1) is 0 Å². The molecular formula is C27H27N3O4. The number of anilines is 2. The second kappa shape index (κ2) is 8.18. The molecule has 2 bridgehead atoms. The second-order valence-corrected chi connectivity index (χ2v) is 9.54. The molecule has 4 aliphatic rings. The second-order valence-electron chi connectivity index (χ2n) is 9.54. The van der Waals surface area contributed by atoms with E-state index in [4.69, 9.17) is 4.74 Å². The van der Waals surface area contributed by atoms with E-state index in [2.05, 4.69) is 11.0 Å². The first-order valence-electron chi connectivity index (χ1n) is 11.9. The van der Waals surface area contributed by atoms with E-state index in [-0.39, 0.29) is 23.6 Å².